The molecule has 0 aromatic heterocycles. The summed E-state index contributed by atoms with van der Waals surface area (Å²) in [7, 11) is -3.33. The molecule has 6 heteroatoms. The highest BCUT2D eigenvalue weighted by Gasteiger charge is 2.39. The Morgan fingerprint density at radius 2 is 1.61 bits per heavy atom. The van der Waals surface area contributed by atoms with Crippen molar-refractivity contribution in [3.05, 3.63) is 28.8 Å². The van der Waals surface area contributed by atoms with Crippen LogP contribution in [0, 0.1) is 5.92 Å². The number of ketones is 1. The molecule has 0 radical (unpaired) electrons. The molecule has 0 amide bonds. The summed E-state index contributed by atoms with van der Waals surface area (Å²) in [6.45, 7) is 17.0. The summed E-state index contributed by atoms with van der Waals surface area (Å²) in [5, 5.41) is 0. The van der Waals surface area contributed by atoms with Crippen LogP contribution in [0.1, 0.15) is 76.9 Å². The molecule has 158 valence electrons. The Morgan fingerprint density at radius 1 is 1.04 bits per heavy atom. The Kier molecular flexibility index (Phi) is 6.85. The minimum atomic E-state index is -3.33. The molecule has 0 aliphatic carbocycles. The third-order valence-corrected chi connectivity index (χ3v) is 7.11. The Labute approximate surface area is 169 Å². The molecular formula is C22H35O5P. The van der Waals surface area contributed by atoms with Crippen LogP contribution in [0.15, 0.2) is 12.1 Å². The van der Waals surface area contributed by atoms with Crippen molar-refractivity contribution in [2.75, 3.05) is 26.0 Å². The van der Waals surface area contributed by atoms with E-state index in [0.717, 1.165) is 11.1 Å². The van der Waals surface area contributed by atoms with Gasteiger partial charge in [-0.1, -0.05) is 47.6 Å². The van der Waals surface area contributed by atoms with Gasteiger partial charge in [-0.3, -0.25) is 9.36 Å². The molecule has 1 heterocycles. The zero-order valence-electron chi connectivity index (χ0n) is 18.5. The third kappa shape index (κ3) is 5.06. The molecule has 0 spiro atoms. The number of ether oxygens (including phenoxy) is 1. The van der Waals surface area contributed by atoms with Gasteiger partial charge in [0, 0.05) is 5.56 Å². The highest BCUT2D eigenvalue weighted by atomic mass is 31.2. The van der Waals surface area contributed by atoms with E-state index in [0.29, 0.717) is 11.3 Å². The van der Waals surface area contributed by atoms with E-state index in [2.05, 4.69) is 47.6 Å². The van der Waals surface area contributed by atoms with Crippen molar-refractivity contribution in [2.24, 2.45) is 5.92 Å². The van der Waals surface area contributed by atoms with Crippen LogP contribution < -0.4 is 4.74 Å². The lowest BCUT2D eigenvalue weighted by Crippen LogP contribution is -2.33. The van der Waals surface area contributed by atoms with E-state index in [-0.39, 0.29) is 42.6 Å². The number of carbonyl (C=O) groups excluding carboxylic acids is 1. The molecule has 28 heavy (non-hydrogen) atoms. The molecule has 0 bridgehead atoms. The molecule has 0 saturated heterocycles. The lowest BCUT2D eigenvalue weighted by Gasteiger charge is -2.33. The minimum absolute atomic E-state index is 0.0392. The van der Waals surface area contributed by atoms with Gasteiger partial charge in [0.15, 0.2) is 5.78 Å². The van der Waals surface area contributed by atoms with Crippen molar-refractivity contribution in [3.8, 4) is 5.75 Å². The van der Waals surface area contributed by atoms with E-state index in [1.165, 1.54) is 0 Å². The first-order valence-corrected chi connectivity index (χ1v) is 11.8. The Bertz CT molecular complexity index is 760. The first kappa shape index (κ1) is 23.1. The van der Waals surface area contributed by atoms with Gasteiger partial charge in [-0.25, -0.2) is 0 Å². The Balaban J connectivity index is 2.49. The number of rotatable bonds is 6. The first-order chi connectivity index (χ1) is 12.8. The molecule has 2 rings (SSSR count). The van der Waals surface area contributed by atoms with Crippen LogP contribution in [-0.4, -0.2) is 31.8 Å². The van der Waals surface area contributed by atoms with Crippen LogP contribution in [0.2, 0.25) is 0 Å². The van der Waals surface area contributed by atoms with Gasteiger partial charge < -0.3 is 13.8 Å². The molecule has 5 nitrogen and oxygen atoms in total. The van der Waals surface area contributed by atoms with Crippen LogP contribution >= 0.6 is 7.60 Å². The van der Waals surface area contributed by atoms with Crippen molar-refractivity contribution < 1.29 is 23.1 Å². The average molecular weight is 410 g/mol. The quantitative estimate of drug-likeness (QED) is 0.560. The van der Waals surface area contributed by atoms with Gasteiger partial charge in [-0.15, -0.1) is 0 Å². The topological polar surface area (TPSA) is 61.8 Å². The predicted octanol–water partition coefficient (Wildman–Crippen LogP) is 5.74. The van der Waals surface area contributed by atoms with E-state index in [1.54, 1.807) is 13.8 Å². The fraction of sp³-hybridized carbons (Fsp3) is 0.682. The summed E-state index contributed by atoms with van der Waals surface area (Å²) in [4.78, 5) is 13.3. The second kappa shape index (κ2) is 8.30. The smallest absolute Gasteiger partial charge is 0.331 e. The van der Waals surface area contributed by atoms with Crippen molar-refractivity contribution in [1.29, 1.82) is 0 Å². The van der Waals surface area contributed by atoms with Crippen LogP contribution in [0.4, 0.5) is 0 Å². The maximum absolute atomic E-state index is 13.3. The van der Waals surface area contributed by atoms with Crippen LogP contribution in [0.5, 0.6) is 5.75 Å². The fourth-order valence-corrected chi connectivity index (χ4v) is 5.26. The van der Waals surface area contributed by atoms with Gasteiger partial charge in [-0.05, 0) is 36.3 Å². The number of Topliss-reactive ketones (excluding diaryl/α,β-unsaturated/α-hetero) is 1. The monoisotopic (exact) mass is 410 g/mol. The number of benzene rings is 1. The number of carbonyl (C=O) groups is 1. The summed E-state index contributed by atoms with van der Waals surface area (Å²) in [5.74, 6) is 0.0707. The molecule has 0 saturated carbocycles. The van der Waals surface area contributed by atoms with Gasteiger partial charge in [0.2, 0.25) is 0 Å². The van der Waals surface area contributed by atoms with Crippen molar-refractivity contribution in [2.45, 2.75) is 66.2 Å². The second-order valence-electron chi connectivity index (χ2n) is 9.40. The summed E-state index contributed by atoms with van der Waals surface area (Å²) < 4.78 is 29.8. The Hall–Kier alpha value is -1.16. The summed E-state index contributed by atoms with van der Waals surface area (Å²) in [6, 6.07) is 4.09. The average Bonchev–Trinajstić information content (AvgIpc) is 2.55. The highest BCUT2D eigenvalue weighted by Crippen LogP contribution is 2.51. The van der Waals surface area contributed by atoms with Crippen molar-refractivity contribution in [1.82, 2.24) is 0 Å². The molecule has 1 aliphatic rings. The lowest BCUT2D eigenvalue weighted by molar-refractivity contribution is 0.0837. The molecule has 0 N–H and O–H groups in total. The molecule has 0 fully saturated rings. The zero-order chi connectivity index (χ0) is 21.3. The van der Waals surface area contributed by atoms with Crippen LogP contribution in [0.3, 0.4) is 0 Å². The Morgan fingerprint density at radius 3 is 2.07 bits per heavy atom. The SMILES string of the molecule is CCOP(=O)(CC1COc2c(cc(C(C)(C)C)cc2C(C)(C)C)C1=O)OCC. The molecule has 1 aliphatic heterocycles. The minimum Gasteiger partial charge on any atom is -0.492 e. The summed E-state index contributed by atoms with van der Waals surface area (Å²) >= 11 is 0. The van der Waals surface area contributed by atoms with Crippen molar-refractivity contribution >= 4 is 13.4 Å². The van der Waals surface area contributed by atoms with Crippen molar-refractivity contribution in [3.63, 3.8) is 0 Å². The van der Waals surface area contributed by atoms with E-state index >= 15 is 0 Å². The number of fused-ring (bicyclic) bond motifs is 1. The van der Waals surface area contributed by atoms with E-state index in [4.69, 9.17) is 13.8 Å². The first-order valence-electron chi connectivity index (χ1n) is 10.1. The lowest BCUT2D eigenvalue weighted by atomic mass is 9.77. The maximum Gasteiger partial charge on any atom is 0.331 e. The number of hydrogen-bond donors (Lipinski definition) is 0. The molecule has 1 atom stereocenters. The zero-order valence-corrected chi connectivity index (χ0v) is 19.4. The highest BCUT2D eigenvalue weighted by molar-refractivity contribution is 7.53. The van der Waals surface area contributed by atoms with Gasteiger partial charge in [0.25, 0.3) is 0 Å². The van der Waals surface area contributed by atoms with Gasteiger partial charge in [0.05, 0.1) is 37.5 Å². The van der Waals surface area contributed by atoms with Crippen LogP contribution in [-0.2, 0) is 24.4 Å². The number of hydrogen-bond acceptors (Lipinski definition) is 5. The standard InChI is InChI=1S/C22H35O5P/c1-9-26-28(24,27-10-2)14-15-13-25-20-17(19(15)23)11-16(21(3,4)5)12-18(20)22(6,7)8/h11-12,15H,9-10,13-14H2,1-8H3. The molecule has 1 unspecified atom stereocenters. The third-order valence-electron chi connectivity index (χ3n) is 4.92. The van der Waals surface area contributed by atoms with Gasteiger partial charge in [0.1, 0.15) is 5.75 Å². The normalized spacial score (nSPS) is 18.0. The van der Waals surface area contributed by atoms with E-state index in [1.807, 2.05) is 6.07 Å². The summed E-state index contributed by atoms with van der Waals surface area (Å²) in [5.41, 5.74) is 2.43. The molecule has 1 aromatic carbocycles. The van der Waals surface area contributed by atoms with Gasteiger partial charge in [-0.2, -0.15) is 0 Å². The van der Waals surface area contributed by atoms with E-state index < -0.39 is 13.5 Å². The fourth-order valence-electron chi connectivity index (χ4n) is 3.38. The van der Waals surface area contributed by atoms with E-state index in [9.17, 15) is 9.36 Å². The van der Waals surface area contributed by atoms with Crippen LogP contribution in [0.25, 0.3) is 0 Å². The van der Waals surface area contributed by atoms with Gasteiger partial charge >= 0.3 is 7.60 Å². The summed E-state index contributed by atoms with van der Waals surface area (Å²) in [6.07, 6.45) is 0.0392. The molecule has 1 aromatic rings. The largest absolute Gasteiger partial charge is 0.492 e. The predicted molar refractivity (Wildman–Crippen MR) is 113 cm³/mol. The second-order valence-corrected chi connectivity index (χ2v) is 11.5. The maximum atomic E-state index is 13.3. The molecular weight excluding hydrogens is 375 g/mol.